The number of rotatable bonds is 7. The summed E-state index contributed by atoms with van der Waals surface area (Å²) in [4.78, 5) is 16.4. The minimum atomic E-state index is -0.508. The minimum absolute atomic E-state index is 0.0190. The molecule has 156 valence electrons. The number of likely N-dealkylation sites (tertiary alicyclic amines) is 1. The van der Waals surface area contributed by atoms with Gasteiger partial charge >= 0.3 is 6.09 Å². The molecular weight excluding hydrogens is 354 g/mol. The summed E-state index contributed by atoms with van der Waals surface area (Å²) in [6.07, 6.45) is 1.04. The molecule has 1 aliphatic heterocycles. The van der Waals surface area contributed by atoms with Crippen LogP contribution in [0.4, 0.5) is 4.79 Å². The fourth-order valence-electron chi connectivity index (χ4n) is 3.39. The molecular formula is C22H35N3O3. The Morgan fingerprint density at radius 2 is 2.07 bits per heavy atom. The van der Waals surface area contributed by atoms with E-state index in [1.807, 2.05) is 39.0 Å². The summed E-state index contributed by atoms with van der Waals surface area (Å²) < 4.78 is 5.38. The van der Waals surface area contributed by atoms with Crippen molar-refractivity contribution >= 4 is 6.09 Å². The van der Waals surface area contributed by atoms with Crippen LogP contribution in [-0.4, -0.2) is 58.4 Å². The van der Waals surface area contributed by atoms with Gasteiger partial charge < -0.3 is 25.0 Å². The van der Waals surface area contributed by atoms with E-state index in [1.165, 1.54) is 5.56 Å². The van der Waals surface area contributed by atoms with Crippen molar-refractivity contribution in [2.45, 2.75) is 64.8 Å². The van der Waals surface area contributed by atoms with Gasteiger partial charge in [-0.3, -0.25) is 0 Å². The largest absolute Gasteiger partial charge is 0.444 e. The SMILES string of the molecule is C=C(N(Cc1ccccc1)CC(C)O)N1CCC[C@@H](NC(=O)OC(C)(C)C)C1. The zero-order valence-electron chi connectivity index (χ0n) is 17.6. The number of aliphatic hydroxyl groups excluding tert-OH is 1. The van der Waals surface area contributed by atoms with Crippen LogP contribution >= 0.6 is 0 Å². The molecule has 6 heteroatoms. The highest BCUT2D eigenvalue weighted by Crippen LogP contribution is 2.20. The third kappa shape index (κ3) is 7.43. The Morgan fingerprint density at radius 3 is 2.68 bits per heavy atom. The highest BCUT2D eigenvalue weighted by atomic mass is 16.6. The van der Waals surface area contributed by atoms with E-state index in [0.29, 0.717) is 19.6 Å². The van der Waals surface area contributed by atoms with Gasteiger partial charge in [-0.25, -0.2) is 4.79 Å². The van der Waals surface area contributed by atoms with Crippen LogP contribution in [0.5, 0.6) is 0 Å². The van der Waals surface area contributed by atoms with E-state index in [9.17, 15) is 9.90 Å². The summed E-state index contributed by atoms with van der Waals surface area (Å²) in [6, 6.07) is 10.2. The normalized spacial score (nSPS) is 18.3. The number of hydrogen-bond acceptors (Lipinski definition) is 5. The van der Waals surface area contributed by atoms with Gasteiger partial charge in [-0.15, -0.1) is 0 Å². The van der Waals surface area contributed by atoms with Gasteiger partial charge in [0.05, 0.1) is 11.9 Å². The van der Waals surface area contributed by atoms with E-state index in [1.54, 1.807) is 6.92 Å². The highest BCUT2D eigenvalue weighted by Gasteiger charge is 2.26. The molecule has 2 atom stereocenters. The maximum Gasteiger partial charge on any atom is 0.407 e. The Bertz CT molecular complexity index is 640. The zero-order chi connectivity index (χ0) is 20.7. The predicted molar refractivity (Wildman–Crippen MR) is 112 cm³/mol. The summed E-state index contributed by atoms with van der Waals surface area (Å²) in [6.45, 7) is 14.4. The summed E-state index contributed by atoms with van der Waals surface area (Å²) >= 11 is 0. The second kappa shape index (κ2) is 9.82. The van der Waals surface area contributed by atoms with Gasteiger partial charge in [-0.1, -0.05) is 36.9 Å². The topological polar surface area (TPSA) is 65.0 Å². The number of hydrogen-bond donors (Lipinski definition) is 2. The molecule has 1 aromatic rings. The lowest BCUT2D eigenvalue weighted by atomic mass is 10.1. The van der Waals surface area contributed by atoms with Crippen LogP contribution in [0.2, 0.25) is 0 Å². The van der Waals surface area contributed by atoms with E-state index < -0.39 is 11.7 Å². The van der Waals surface area contributed by atoms with Gasteiger partial charge in [-0.05, 0) is 46.1 Å². The molecule has 0 radical (unpaired) electrons. The number of nitrogens with one attached hydrogen (secondary N) is 1. The molecule has 1 aliphatic rings. The number of benzene rings is 1. The van der Waals surface area contributed by atoms with Crippen molar-refractivity contribution in [1.82, 2.24) is 15.1 Å². The predicted octanol–water partition coefficient (Wildman–Crippen LogP) is 3.33. The van der Waals surface area contributed by atoms with Crippen molar-refractivity contribution in [2.75, 3.05) is 19.6 Å². The number of alkyl carbamates (subject to hydrolysis) is 1. The van der Waals surface area contributed by atoms with Crippen LogP contribution in [0.15, 0.2) is 42.7 Å². The summed E-state index contributed by atoms with van der Waals surface area (Å²) in [5.74, 6) is 0.875. The molecule has 0 aromatic heterocycles. The lowest BCUT2D eigenvalue weighted by Gasteiger charge is -2.40. The van der Waals surface area contributed by atoms with Crippen molar-refractivity contribution in [3.05, 3.63) is 48.3 Å². The smallest absolute Gasteiger partial charge is 0.407 e. The number of amides is 1. The first-order valence-corrected chi connectivity index (χ1v) is 10.0. The number of nitrogens with zero attached hydrogens (tertiary/aromatic N) is 2. The van der Waals surface area contributed by atoms with Crippen molar-refractivity contribution in [1.29, 1.82) is 0 Å². The highest BCUT2D eigenvalue weighted by molar-refractivity contribution is 5.68. The summed E-state index contributed by atoms with van der Waals surface area (Å²) in [7, 11) is 0. The molecule has 0 spiro atoms. The second-order valence-corrected chi connectivity index (χ2v) is 8.56. The van der Waals surface area contributed by atoms with Crippen molar-refractivity contribution in [3.8, 4) is 0 Å². The fraction of sp³-hybridized carbons (Fsp3) is 0.591. The minimum Gasteiger partial charge on any atom is -0.444 e. The average Bonchev–Trinajstić information content (AvgIpc) is 2.59. The molecule has 1 saturated heterocycles. The van der Waals surface area contributed by atoms with Crippen molar-refractivity contribution in [3.63, 3.8) is 0 Å². The number of carbonyl (C=O) groups excluding carboxylic acids is 1. The summed E-state index contributed by atoms with van der Waals surface area (Å²) in [5, 5.41) is 12.9. The molecule has 6 nitrogen and oxygen atoms in total. The Kier molecular flexibility index (Phi) is 7.75. The van der Waals surface area contributed by atoms with Crippen LogP contribution in [0.3, 0.4) is 0 Å². The van der Waals surface area contributed by atoms with E-state index in [-0.39, 0.29) is 12.1 Å². The zero-order valence-corrected chi connectivity index (χ0v) is 17.6. The van der Waals surface area contributed by atoms with Crippen LogP contribution in [0.25, 0.3) is 0 Å². The van der Waals surface area contributed by atoms with Crippen LogP contribution < -0.4 is 5.32 Å². The Labute approximate surface area is 169 Å². The molecule has 0 saturated carbocycles. The maximum atomic E-state index is 12.1. The second-order valence-electron chi connectivity index (χ2n) is 8.56. The first-order valence-electron chi connectivity index (χ1n) is 10.0. The standard InChI is InChI=1S/C22H35N3O3/c1-17(26)14-25(15-19-10-7-6-8-11-19)18(2)24-13-9-12-20(16-24)23-21(27)28-22(3,4)5/h6-8,10-11,17,20,26H,2,9,12-16H2,1,3-5H3,(H,23,27)/t17?,20-/m1/s1. The van der Waals surface area contributed by atoms with Gasteiger partial charge in [0, 0.05) is 32.2 Å². The Morgan fingerprint density at radius 1 is 1.39 bits per heavy atom. The quantitative estimate of drug-likeness (QED) is 0.749. The molecule has 2 rings (SSSR count). The Hall–Kier alpha value is -2.21. The number of aliphatic hydroxyl groups is 1. The first-order chi connectivity index (χ1) is 13.1. The van der Waals surface area contributed by atoms with Crippen LogP contribution in [0, 0.1) is 0 Å². The van der Waals surface area contributed by atoms with E-state index in [4.69, 9.17) is 4.74 Å². The monoisotopic (exact) mass is 389 g/mol. The molecule has 1 unspecified atom stereocenters. The molecule has 1 amide bonds. The Balaban J connectivity index is 1.99. The molecule has 0 aliphatic carbocycles. The van der Waals surface area contributed by atoms with Gasteiger partial charge in [0.15, 0.2) is 0 Å². The van der Waals surface area contributed by atoms with Crippen LogP contribution in [-0.2, 0) is 11.3 Å². The van der Waals surface area contributed by atoms with Crippen molar-refractivity contribution in [2.24, 2.45) is 0 Å². The van der Waals surface area contributed by atoms with E-state index in [0.717, 1.165) is 25.2 Å². The molecule has 0 bridgehead atoms. The third-order valence-electron chi connectivity index (χ3n) is 4.57. The lowest BCUT2D eigenvalue weighted by molar-refractivity contribution is 0.0466. The van der Waals surface area contributed by atoms with E-state index >= 15 is 0 Å². The number of ether oxygens (including phenoxy) is 1. The van der Waals surface area contributed by atoms with Crippen molar-refractivity contribution < 1.29 is 14.6 Å². The van der Waals surface area contributed by atoms with Gasteiger partial charge in [0.1, 0.15) is 5.60 Å². The fourth-order valence-corrected chi connectivity index (χ4v) is 3.39. The molecule has 1 heterocycles. The lowest BCUT2D eigenvalue weighted by Crippen LogP contribution is -2.50. The van der Waals surface area contributed by atoms with E-state index in [2.05, 4.69) is 33.8 Å². The molecule has 1 fully saturated rings. The molecule has 1 aromatic carbocycles. The average molecular weight is 390 g/mol. The summed E-state index contributed by atoms with van der Waals surface area (Å²) in [5.41, 5.74) is 0.663. The van der Waals surface area contributed by atoms with Gasteiger partial charge in [0.2, 0.25) is 0 Å². The van der Waals surface area contributed by atoms with Gasteiger partial charge in [-0.2, -0.15) is 0 Å². The van der Waals surface area contributed by atoms with Crippen LogP contribution in [0.1, 0.15) is 46.1 Å². The third-order valence-corrected chi connectivity index (χ3v) is 4.57. The first kappa shape index (κ1) is 22.1. The maximum absolute atomic E-state index is 12.1. The van der Waals surface area contributed by atoms with Gasteiger partial charge in [0.25, 0.3) is 0 Å². The molecule has 28 heavy (non-hydrogen) atoms. The number of carbonyl (C=O) groups is 1. The molecule has 2 N–H and O–H groups in total. The number of piperidine rings is 1.